The van der Waals surface area contributed by atoms with Crippen molar-refractivity contribution < 1.29 is 4.74 Å². The number of fused-ring (bicyclic) bond motifs is 1. The first-order chi connectivity index (χ1) is 5.83. The van der Waals surface area contributed by atoms with E-state index in [1.807, 2.05) is 0 Å². The van der Waals surface area contributed by atoms with Gasteiger partial charge in [0.25, 0.3) is 0 Å². The Morgan fingerprint density at radius 2 is 2.50 bits per heavy atom. The highest BCUT2D eigenvalue weighted by Crippen LogP contribution is 2.27. The van der Waals surface area contributed by atoms with E-state index < -0.39 is 0 Å². The Bertz CT molecular complexity index is 304. The van der Waals surface area contributed by atoms with Crippen LogP contribution in [0.25, 0.3) is 0 Å². The third-order valence-corrected chi connectivity index (χ3v) is 4.00. The minimum atomic E-state index is 0.710. The Balaban J connectivity index is 2.47. The largest absolute Gasteiger partial charge is 0.376 e. The van der Waals surface area contributed by atoms with E-state index in [0.717, 1.165) is 25.2 Å². The van der Waals surface area contributed by atoms with Gasteiger partial charge in [0.05, 0.1) is 25.3 Å². The van der Waals surface area contributed by atoms with Crippen LogP contribution >= 0.6 is 28.4 Å². The molecule has 0 amide bonds. The Hall–Kier alpha value is 0.395. The SMILES string of the molecule is Bc1nn(PI)c2c1COCC2. The maximum Gasteiger partial charge on any atom is 0.166 e. The first-order valence-electron chi connectivity index (χ1n) is 3.84. The molecule has 0 saturated heterocycles. The van der Waals surface area contributed by atoms with Crippen LogP contribution in [0.1, 0.15) is 11.3 Å². The zero-order valence-corrected chi connectivity index (χ0v) is 9.96. The van der Waals surface area contributed by atoms with Gasteiger partial charge in [0.2, 0.25) is 0 Å². The molecule has 1 aromatic rings. The Morgan fingerprint density at radius 3 is 3.25 bits per heavy atom. The van der Waals surface area contributed by atoms with E-state index in [4.69, 9.17) is 4.74 Å². The monoisotopic (exact) mass is 294 g/mol. The van der Waals surface area contributed by atoms with Crippen LogP contribution in [0, 0.1) is 0 Å². The summed E-state index contributed by atoms with van der Waals surface area (Å²) in [4.78, 5) is 0. The van der Waals surface area contributed by atoms with E-state index in [0.29, 0.717) is 6.37 Å². The summed E-state index contributed by atoms with van der Waals surface area (Å²) >= 11 is 2.36. The highest BCUT2D eigenvalue weighted by atomic mass is 127. The average Bonchev–Trinajstić information content (AvgIpc) is 2.44. The van der Waals surface area contributed by atoms with Crippen molar-refractivity contribution in [1.29, 1.82) is 0 Å². The molecule has 12 heavy (non-hydrogen) atoms. The Labute approximate surface area is 87.0 Å². The molecule has 0 saturated carbocycles. The van der Waals surface area contributed by atoms with Crippen molar-refractivity contribution in [3.8, 4) is 0 Å². The molecule has 6 heteroatoms. The van der Waals surface area contributed by atoms with Crippen LogP contribution in [0.4, 0.5) is 0 Å². The first-order valence-corrected chi connectivity index (χ1v) is 7.91. The normalized spacial score (nSPS) is 17.1. The standard InChI is InChI=1S/C6H9BIN2OP/c7-6-4-3-11-2-1-5(4)10(9-6)12-8/h12H,1-3,7H2. The van der Waals surface area contributed by atoms with E-state index in [2.05, 4.69) is 39.4 Å². The second-order valence-electron chi connectivity index (χ2n) is 2.81. The van der Waals surface area contributed by atoms with E-state index >= 15 is 0 Å². The summed E-state index contributed by atoms with van der Waals surface area (Å²) in [5.74, 6) is 0. The lowest BCUT2D eigenvalue weighted by atomic mass is 9.97. The van der Waals surface area contributed by atoms with Crippen LogP contribution in [-0.4, -0.2) is 24.0 Å². The van der Waals surface area contributed by atoms with Crippen molar-refractivity contribution in [2.45, 2.75) is 13.0 Å². The van der Waals surface area contributed by atoms with Crippen LogP contribution in [0.15, 0.2) is 0 Å². The fraction of sp³-hybridized carbons (Fsp3) is 0.500. The highest BCUT2D eigenvalue weighted by molar-refractivity contribution is 14.2. The smallest absolute Gasteiger partial charge is 0.166 e. The Morgan fingerprint density at radius 1 is 1.67 bits per heavy atom. The molecule has 1 unspecified atom stereocenters. The van der Waals surface area contributed by atoms with Gasteiger partial charge in [0, 0.05) is 17.6 Å². The summed E-state index contributed by atoms with van der Waals surface area (Å²) < 4.78 is 7.49. The lowest BCUT2D eigenvalue weighted by Crippen LogP contribution is -2.16. The van der Waals surface area contributed by atoms with Gasteiger partial charge in [-0.1, -0.05) is 0 Å². The molecule has 0 aromatic carbocycles. The summed E-state index contributed by atoms with van der Waals surface area (Å²) in [6, 6.07) is 0. The molecule has 0 fully saturated rings. The van der Waals surface area contributed by atoms with Crippen molar-refractivity contribution in [3.05, 3.63) is 11.3 Å². The average molecular weight is 294 g/mol. The fourth-order valence-corrected chi connectivity index (χ4v) is 3.20. The summed E-state index contributed by atoms with van der Waals surface area (Å²) in [5, 5.41) is 4.45. The van der Waals surface area contributed by atoms with Crippen molar-refractivity contribution in [1.82, 2.24) is 9.55 Å². The van der Waals surface area contributed by atoms with Crippen molar-refractivity contribution in [3.63, 3.8) is 0 Å². The zero-order valence-electron chi connectivity index (χ0n) is 6.80. The van der Waals surface area contributed by atoms with Gasteiger partial charge in [-0.15, -0.1) is 0 Å². The van der Waals surface area contributed by atoms with Gasteiger partial charge in [-0.2, -0.15) is 5.10 Å². The quantitative estimate of drug-likeness (QED) is 0.414. The molecule has 1 atom stereocenters. The van der Waals surface area contributed by atoms with Crippen molar-refractivity contribution in [2.75, 3.05) is 6.61 Å². The second kappa shape index (κ2) is 3.64. The number of halogens is 1. The number of ether oxygens (including phenoxy) is 1. The summed E-state index contributed by atoms with van der Waals surface area (Å²) in [6.45, 7) is 1.60. The van der Waals surface area contributed by atoms with Gasteiger partial charge in [-0.25, -0.2) is 4.45 Å². The van der Waals surface area contributed by atoms with Crippen molar-refractivity contribution in [2.24, 2.45) is 0 Å². The number of hydrogen-bond donors (Lipinski definition) is 0. The molecule has 2 rings (SSSR count). The van der Waals surface area contributed by atoms with Crippen molar-refractivity contribution >= 4 is 41.9 Å². The molecular formula is C6H9BIN2OP. The number of aromatic nitrogens is 2. The molecule has 0 aliphatic carbocycles. The minimum absolute atomic E-state index is 0.710. The van der Waals surface area contributed by atoms with Crippen LogP contribution in [0.5, 0.6) is 0 Å². The predicted molar refractivity (Wildman–Crippen MR) is 61.5 cm³/mol. The molecule has 2 heterocycles. The molecule has 0 N–H and O–H groups in total. The third kappa shape index (κ3) is 1.42. The summed E-state index contributed by atoms with van der Waals surface area (Å²) in [5.41, 5.74) is 3.82. The molecule has 0 bridgehead atoms. The molecule has 64 valence electrons. The predicted octanol–water partition coefficient (Wildman–Crippen LogP) is 0.00580. The summed E-state index contributed by atoms with van der Waals surface area (Å²) in [7, 11) is 2.06. The second-order valence-corrected chi connectivity index (χ2v) is 4.85. The first kappa shape index (κ1) is 8.97. The lowest BCUT2D eigenvalue weighted by molar-refractivity contribution is 0.110. The molecule has 0 radical (unpaired) electrons. The Kier molecular flexibility index (Phi) is 2.72. The number of hydrogen-bond acceptors (Lipinski definition) is 2. The van der Waals surface area contributed by atoms with Gasteiger partial charge in [-0.05, 0) is 22.0 Å². The molecule has 0 spiro atoms. The fourth-order valence-electron chi connectivity index (χ4n) is 1.46. The maximum atomic E-state index is 5.38. The third-order valence-electron chi connectivity index (χ3n) is 2.10. The summed E-state index contributed by atoms with van der Waals surface area (Å²) in [6.07, 6.45) is 1.73. The van der Waals surface area contributed by atoms with Crippen LogP contribution in [0.2, 0.25) is 0 Å². The maximum absolute atomic E-state index is 5.38. The molecule has 1 aliphatic rings. The highest BCUT2D eigenvalue weighted by Gasteiger charge is 2.17. The molecular weight excluding hydrogens is 285 g/mol. The van der Waals surface area contributed by atoms with Gasteiger partial charge >= 0.3 is 0 Å². The molecule has 3 nitrogen and oxygen atoms in total. The lowest BCUT2D eigenvalue weighted by Gasteiger charge is -2.13. The van der Waals surface area contributed by atoms with Crippen LogP contribution in [0.3, 0.4) is 0 Å². The van der Waals surface area contributed by atoms with E-state index in [-0.39, 0.29) is 0 Å². The number of nitrogens with zero attached hydrogens (tertiary/aromatic N) is 2. The van der Waals surface area contributed by atoms with E-state index in [1.165, 1.54) is 11.3 Å². The van der Waals surface area contributed by atoms with E-state index in [9.17, 15) is 0 Å². The van der Waals surface area contributed by atoms with Gasteiger partial charge in [0.15, 0.2) is 7.85 Å². The van der Waals surface area contributed by atoms with Crippen LogP contribution in [-0.2, 0) is 17.8 Å². The van der Waals surface area contributed by atoms with Crippen LogP contribution < -0.4 is 5.59 Å². The topological polar surface area (TPSA) is 27.1 Å². The van der Waals surface area contributed by atoms with Gasteiger partial charge in [0.1, 0.15) is 0 Å². The van der Waals surface area contributed by atoms with E-state index in [1.54, 1.807) is 0 Å². The van der Waals surface area contributed by atoms with Gasteiger partial charge in [-0.3, -0.25) is 0 Å². The van der Waals surface area contributed by atoms with Gasteiger partial charge < -0.3 is 4.74 Å². The number of rotatable bonds is 1. The minimum Gasteiger partial charge on any atom is -0.376 e. The zero-order chi connectivity index (χ0) is 8.55. The molecule has 1 aromatic heterocycles. The molecule has 1 aliphatic heterocycles.